The summed E-state index contributed by atoms with van der Waals surface area (Å²) in [5.41, 5.74) is 0. The zero-order chi connectivity index (χ0) is 75.4. The Kier molecular flexibility index (Phi) is 75.6. The summed E-state index contributed by atoms with van der Waals surface area (Å²) in [7, 11) is 1.12. The van der Waals surface area contributed by atoms with E-state index in [-0.39, 0.29) is 26.1 Å². The Balaban J connectivity index is 4.15. The molecule has 2 atom stereocenters. The van der Waals surface area contributed by atoms with E-state index < -0.39 is 32.5 Å². The molecule has 0 bridgehead atoms. The number of allylic oxidation sites excluding steroid dienone is 42. The predicted molar refractivity (Wildman–Crippen MR) is 451 cm³/mol. The quantitative estimate of drug-likeness (QED) is 0.0195. The highest BCUT2D eigenvalue weighted by atomic mass is 31.2. The number of carbonyl (C=O) groups is 2. The average Bonchev–Trinajstić information content (AvgIpc) is 0.920. The molecule has 10 heteroatoms. The van der Waals surface area contributed by atoms with Gasteiger partial charge in [-0.1, -0.05) is 340 Å². The lowest BCUT2D eigenvalue weighted by Crippen LogP contribution is -2.37. The van der Waals surface area contributed by atoms with Gasteiger partial charge in [-0.05, 0) is 173 Å². The molecular formula is C94H146NO8P. The summed E-state index contributed by atoms with van der Waals surface area (Å²) in [5, 5.41) is 0. The third-order valence-corrected chi connectivity index (χ3v) is 17.0. The van der Waals surface area contributed by atoms with Crippen LogP contribution in [0.3, 0.4) is 0 Å². The van der Waals surface area contributed by atoms with Crippen molar-refractivity contribution in [2.45, 2.75) is 277 Å². The Bertz CT molecular complexity index is 2720. The van der Waals surface area contributed by atoms with Crippen molar-refractivity contribution in [1.29, 1.82) is 0 Å². The van der Waals surface area contributed by atoms with Gasteiger partial charge in [0.25, 0.3) is 7.82 Å². The van der Waals surface area contributed by atoms with Crippen LogP contribution in [0.15, 0.2) is 255 Å². The van der Waals surface area contributed by atoms with Crippen molar-refractivity contribution in [1.82, 2.24) is 0 Å². The molecule has 0 aliphatic carbocycles. The van der Waals surface area contributed by atoms with Crippen LogP contribution in [-0.4, -0.2) is 70.0 Å². The summed E-state index contributed by atoms with van der Waals surface area (Å²) in [6, 6.07) is 0. The minimum absolute atomic E-state index is 0.0481. The number of esters is 2. The standard InChI is InChI=1S/C94H146NO8P/c1-6-8-10-12-14-16-18-20-22-24-26-28-30-32-34-36-38-40-42-44-46-47-49-51-53-55-57-59-61-63-65-67-69-71-73-75-77-79-81-83-85-87-94(97)103-92(91-102-104(98,99)101-89-88-95(3,4)5)90-100-93(96)86-84-82-80-78-76-74-72-70-68-66-64-62-60-58-56-54-52-50-48-45-43-41-39-37-35-33-31-29-27-25-23-21-19-17-15-13-11-9-7-2/h8-11,14-17,20-23,26-29,32-35,38-41,44-46,48-49,51-52,54-55,57-58,60-61,63-64,66-67,69,92H,6-7,12-13,18-19,24-25,30-31,36-37,42-43,47,50,53,56,59,62,65,68,70-91H2,1-5H3/b10-8-,11-9-,16-14-,17-15-,22-20-,23-21-,28-26-,29-27-,34-32-,35-33-,40-38-,41-39-,46-44-,48-45-,51-49-,54-52-,57-55-,60-58-,63-61-,66-64-,69-67-. The molecule has 0 radical (unpaired) electrons. The molecule has 0 N–H and O–H groups in total. The van der Waals surface area contributed by atoms with Gasteiger partial charge in [-0.25, -0.2) is 0 Å². The van der Waals surface area contributed by atoms with Crippen molar-refractivity contribution in [3.63, 3.8) is 0 Å². The second-order valence-corrected chi connectivity index (χ2v) is 28.4. The van der Waals surface area contributed by atoms with E-state index >= 15 is 0 Å². The van der Waals surface area contributed by atoms with Crippen LogP contribution in [0.25, 0.3) is 0 Å². The number of hydrogen-bond acceptors (Lipinski definition) is 8. The molecule has 2 unspecified atom stereocenters. The average molecular weight is 1450 g/mol. The minimum atomic E-state index is -4.67. The maximum atomic E-state index is 12.9. The monoisotopic (exact) mass is 1450 g/mol. The third kappa shape index (κ3) is 84.5. The summed E-state index contributed by atoms with van der Waals surface area (Å²) in [5.74, 6) is -0.873. The number of unbranched alkanes of at least 4 members (excludes halogenated alkanes) is 15. The molecule has 0 aliphatic rings. The molecule has 0 aliphatic heterocycles. The number of likely N-dealkylation sites (N-methyl/N-ethyl adjacent to an activating group) is 1. The lowest BCUT2D eigenvalue weighted by molar-refractivity contribution is -0.870. The van der Waals surface area contributed by atoms with Crippen LogP contribution < -0.4 is 4.89 Å². The van der Waals surface area contributed by atoms with Gasteiger partial charge in [0.05, 0.1) is 27.7 Å². The predicted octanol–water partition coefficient (Wildman–Crippen LogP) is 27.0. The van der Waals surface area contributed by atoms with E-state index in [1.165, 1.54) is 38.5 Å². The number of quaternary nitrogens is 1. The van der Waals surface area contributed by atoms with Gasteiger partial charge in [0.15, 0.2) is 6.10 Å². The van der Waals surface area contributed by atoms with Crippen LogP contribution in [0.1, 0.15) is 271 Å². The van der Waals surface area contributed by atoms with Crippen molar-refractivity contribution in [2.75, 3.05) is 47.5 Å². The Hall–Kier alpha value is -6.45. The van der Waals surface area contributed by atoms with E-state index in [4.69, 9.17) is 18.5 Å². The van der Waals surface area contributed by atoms with E-state index in [0.29, 0.717) is 23.9 Å². The summed E-state index contributed by atoms with van der Waals surface area (Å²) in [6.45, 7) is 3.96. The van der Waals surface area contributed by atoms with Gasteiger partial charge in [0.1, 0.15) is 19.8 Å². The second kappa shape index (κ2) is 80.6. The Labute approximate surface area is 637 Å². The molecule has 0 aromatic rings. The highest BCUT2D eigenvalue weighted by Crippen LogP contribution is 2.38. The van der Waals surface area contributed by atoms with Gasteiger partial charge in [-0.2, -0.15) is 0 Å². The van der Waals surface area contributed by atoms with Crippen LogP contribution in [0.2, 0.25) is 0 Å². The fraction of sp³-hybridized carbons (Fsp3) is 0.532. The van der Waals surface area contributed by atoms with Crippen LogP contribution in [0.5, 0.6) is 0 Å². The number of rotatable bonds is 71. The summed E-state index contributed by atoms with van der Waals surface area (Å²) < 4.78 is 34.4. The Morgan fingerprint density at radius 3 is 0.769 bits per heavy atom. The molecule has 9 nitrogen and oxygen atoms in total. The summed E-state index contributed by atoms with van der Waals surface area (Å²) in [6.07, 6.45) is 132. The van der Waals surface area contributed by atoms with Crippen molar-refractivity contribution < 1.29 is 42.1 Å². The van der Waals surface area contributed by atoms with Crippen LogP contribution in [-0.2, 0) is 32.7 Å². The van der Waals surface area contributed by atoms with Crippen molar-refractivity contribution in [2.24, 2.45) is 0 Å². The molecule has 0 fully saturated rings. The van der Waals surface area contributed by atoms with Gasteiger partial charge in [0, 0.05) is 12.8 Å². The topological polar surface area (TPSA) is 111 Å². The SMILES string of the molecule is CC/C=C\C/C=C\C/C=C\C/C=C\C/C=C\C/C=C\C/C=C\C/C=C\C/C=C\C/C=C\C/C=C\CCCCCCCCCC(=O)OC(COC(=O)CCCCCCCCCC/C=C\C/C=C\C/C=C\C/C=C\C/C=C\C/C=C\C/C=C\C/C=C\C/C=C\C/C=C\CC)COP(=O)([O-])OCC[N+](C)(C)C. The zero-order valence-electron chi connectivity index (χ0n) is 66.1. The molecule has 104 heavy (non-hydrogen) atoms. The van der Waals surface area contributed by atoms with E-state index in [0.717, 1.165) is 193 Å². The molecule has 0 heterocycles. The highest BCUT2D eigenvalue weighted by molar-refractivity contribution is 7.45. The molecular weight excluding hydrogens is 1300 g/mol. The van der Waals surface area contributed by atoms with Gasteiger partial charge >= 0.3 is 11.9 Å². The number of hydrogen-bond donors (Lipinski definition) is 0. The molecule has 0 saturated heterocycles. The first-order chi connectivity index (χ1) is 51.0. The van der Waals surface area contributed by atoms with E-state index in [1.54, 1.807) is 0 Å². The van der Waals surface area contributed by atoms with Gasteiger partial charge < -0.3 is 27.9 Å². The van der Waals surface area contributed by atoms with Gasteiger partial charge in [-0.15, -0.1) is 0 Å². The minimum Gasteiger partial charge on any atom is -0.756 e. The van der Waals surface area contributed by atoms with Crippen molar-refractivity contribution >= 4 is 19.8 Å². The lowest BCUT2D eigenvalue weighted by atomic mass is 10.1. The van der Waals surface area contributed by atoms with Crippen LogP contribution in [0.4, 0.5) is 0 Å². The van der Waals surface area contributed by atoms with E-state index in [1.807, 2.05) is 21.1 Å². The molecule has 580 valence electrons. The fourth-order valence-electron chi connectivity index (χ4n) is 9.98. The first-order valence-corrected chi connectivity index (χ1v) is 41.9. The number of phosphoric acid groups is 1. The maximum Gasteiger partial charge on any atom is 0.306 e. The number of ether oxygens (including phenoxy) is 2. The second-order valence-electron chi connectivity index (χ2n) is 27.0. The lowest BCUT2D eigenvalue weighted by Gasteiger charge is -2.28. The molecule has 0 aromatic carbocycles. The van der Waals surface area contributed by atoms with E-state index in [2.05, 4.69) is 269 Å². The van der Waals surface area contributed by atoms with Gasteiger partial charge in [0.2, 0.25) is 0 Å². The van der Waals surface area contributed by atoms with E-state index in [9.17, 15) is 19.0 Å². The number of phosphoric ester groups is 1. The van der Waals surface area contributed by atoms with Crippen molar-refractivity contribution in [3.8, 4) is 0 Å². The maximum absolute atomic E-state index is 12.9. The first-order valence-electron chi connectivity index (χ1n) is 40.4. The van der Waals surface area contributed by atoms with Crippen molar-refractivity contribution in [3.05, 3.63) is 255 Å². The molecule has 0 saturated carbocycles. The fourth-order valence-corrected chi connectivity index (χ4v) is 10.7. The highest BCUT2D eigenvalue weighted by Gasteiger charge is 2.22. The van der Waals surface area contributed by atoms with Crippen LogP contribution in [0, 0.1) is 0 Å². The Morgan fingerprint density at radius 1 is 0.298 bits per heavy atom. The third-order valence-electron chi connectivity index (χ3n) is 16.1. The Morgan fingerprint density at radius 2 is 0.519 bits per heavy atom. The number of carbonyl (C=O) groups excluding carboxylic acids is 2. The molecule has 0 rings (SSSR count). The van der Waals surface area contributed by atoms with Gasteiger partial charge in [-0.3, -0.25) is 14.2 Å². The largest absolute Gasteiger partial charge is 0.756 e. The molecule has 0 amide bonds. The zero-order valence-corrected chi connectivity index (χ0v) is 67.0. The molecule has 0 aromatic heterocycles. The van der Waals surface area contributed by atoms with Crippen LogP contribution >= 0.6 is 7.82 Å². The smallest absolute Gasteiger partial charge is 0.306 e. The summed E-state index contributed by atoms with van der Waals surface area (Å²) in [4.78, 5) is 38.2. The first kappa shape index (κ1) is 97.5. The normalized spacial score (nSPS) is 14.4. The molecule has 0 spiro atoms. The summed E-state index contributed by atoms with van der Waals surface area (Å²) >= 11 is 0. The number of nitrogens with zero attached hydrogens (tertiary/aromatic N) is 1.